The molecule has 0 unspecified atom stereocenters. The SMILES string of the molecule is CC(C)c1ccnc(-n2c3[c-]c(C(C)(C)c4[c-]c(N5[OH+]N(c6ccccc6)c6ccccc65)ccc4)ccc3c3ccccc32)c1.[Pt]. The predicted octanol–water partition coefficient (Wildman–Crippen LogP) is 10.4. The monoisotopic (exact) mass is 794 g/mol. The van der Waals surface area contributed by atoms with Gasteiger partial charge in [0.1, 0.15) is 22.9 Å². The fraction of sp³-hybridized carbons (Fsp3) is 0.146. The number of rotatable bonds is 6. The van der Waals surface area contributed by atoms with Gasteiger partial charge in [-0.25, -0.2) is 4.98 Å². The van der Waals surface area contributed by atoms with Crippen molar-refractivity contribution in [2.24, 2.45) is 0 Å². The summed E-state index contributed by atoms with van der Waals surface area (Å²) in [5, 5.41) is 6.34. The first-order chi connectivity index (χ1) is 22.4. The van der Waals surface area contributed by atoms with E-state index in [0.717, 1.165) is 56.1 Å². The van der Waals surface area contributed by atoms with Gasteiger partial charge in [-0.1, -0.05) is 86.8 Å². The molecule has 1 aliphatic heterocycles. The van der Waals surface area contributed by atoms with E-state index in [1.807, 2.05) is 34.5 Å². The number of hydrogen-bond donors (Lipinski definition) is 0. The molecule has 0 aliphatic carbocycles. The number of fused-ring (bicyclic) bond motifs is 4. The Kier molecular flexibility index (Phi) is 7.99. The van der Waals surface area contributed by atoms with Crippen LogP contribution in [0, 0.1) is 12.1 Å². The summed E-state index contributed by atoms with van der Waals surface area (Å²) in [7, 11) is 0. The van der Waals surface area contributed by atoms with Crippen molar-refractivity contribution in [3.63, 3.8) is 0 Å². The Hall–Kier alpha value is -4.70. The van der Waals surface area contributed by atoms with Gasteiger partial charge in [0.25, 0.3) is 0 Å². The zero-order chi connectivity index (χ0) is 31.4. The molecule has 5 nitrogen and oxygen atoms in total. The van der Waals surface area contributed by atoms with Gasteiger partial charge in [-0.05, 0) is 64.7 Å². The number of anilines is 4. The summed E-state index contributed by atoms with van der Waals surface area (Å²) < 4.78 is 2.26. The van der Waals surface area contributed by atoms with Gasteiger partial charge in [0.2, 0.25) is 0 Å². The molecular weight excluding hydrogens is 760 g/mol. The van der Waals surface area contributed by atoms with E-state index in [1.165, 1.54) is 10.9 Å². The topological polar surface area (TPSA) is 37.1 Å². The Morgan fingerprint density at radius 1 is 0.681 bits per heavy atom. The molecule has 3 heterocycles. The number of nitrogens with zero attached hydrogens (tertiary/aromatic N) is 4. The van der Waals surface area contributed by atoms with Crippen LogP contribution in [0.3, 0.4) is 0 Å². The largest absolute Gasteiger partial charge is 0.319 e. The van der Waals surface area contributed by atoms with E-state index in [0.29, 0.717) is 5.92 Å². The van der Waals surface area contributed by atoms with Crippen molar-refractivity contribution in [2.75, 3.05) is 10.1 Å². The van der Waals surface area contributed by atoms with Gasteiger partial charge >= 0.3 is 0 Å². The predicted molar refractivity (Wildman–Crippen MR) is 188 cm³/mol. The van der Waals surface area contributed by atoms with Gasteiger partial charge < -0.3 is 4.57 Å². The number of para-hydroxylation sites is 4. The van der Waals surface area contributed by atoms with Crippen molar-refractivity contribution in [3.05, 3.63) is 156 Å². The minimum atomic E-state index is -0.392. The van der Waals surface area contributed by atoms with Crippen LogP contribution in [0.15, 0.2) is 128 Å². The maximum Gasteiger partial charge on any atom is 0.148 e. The second-order valence-electron chi connectivity index (χ2n) is 12.7. The molecular formula is C41H35N4OPt-. The third kappa shape index (κ3) is 5.24. The van der Waals surface area contributed by atoms with Crippen LogP contribution in [-0.4, -0.2) is 14.5 Å². The van der Waals surface area contributed by atoms with Gasteiger partial charge in [-0.2, -0.15) is 46.4 Å². The summed E-state index contributed by atoms with van der Waals surface area (Å²) >= 11 is 0. The molecule has 0 saturated heterocycles. The molecule has 0 radical (unpaired) electrons. The Labute approximate surface area is 290 Å². The Bertz CT molecular complexity index is 2220. The molecule has 2 aromatic heterocycles. The molecule has 0 atom stereocenters. The number of hydrogen-bond acceptors (Lipinski definition) is 3. The van der Waals surface area contributed by atoms with Crippen LogP contribution >= 0.6 is 0 Å². The fourth-order valence-electron chi connectivity index (χ4n) is 6.45. The molecule has 0 spiro atoms. The average molecular weight is 795 g/mol. The maximum atomic E-state index is 5.04. The van der Waals surface area contributed by atoms with Gasteiger partial charge in [0.15, 0.2) is 0 Å². The van der Waals surface area contributed by atoms with E-state index in [1.54, 1.807) is 0 Å². The molecule has 8 rings (SSSR count). The minimum Gasteiger partial charge on any atom is -0.319 e. The molecule has 236 valence electrons. The van der Waals surface area contributed by atoms with Crippen molar-refractivity contribution in [2.45, 2.75) is 39.0 Å². The van der Waals surface area contributed by atoms with Crippen LogP contribution in [0.1, 0.15) is 50.3 Å². The molecule has 0 saturated carbocycles. The number of benzene rings is 5. The standard InChI is InChI=1S/C41H34N4O.Pt/c1-28(2)29-23-24-42-40(25-29)43-36-18-9-8-17-34(36)35-22-21-31(27-39(35)43)41(3,4)30-13-12-16-33(26-30)45-38-20-11-10-19-37(38)44(46-45)32-14-6-5-7-15-32;/h5-25,28H,1-4H3;/q-2;/p+1. The Morgan fingerprint density at radius 3 is 2.17 bits per heavy atom. The van der Waals surface area contributed by atoms with Gasteiger partial charge in [0.05, 0.1) is 0 Å². The van der Waals surface area contributed by atoms with E-state index in [2.05, 4.69) is 148 Å². The average Bonchev–Trinajstić information content (AvgIpc) is 3.65. The zero-order valence-corrected chi connectivity index (χ0v) is 29.0. The minimum absolute atomic E-state index is 0. The van der Waals surface area contributed by atoms with E-state index in [-0.39, 0.29) is 21.1 Å². The molecule has 1 aliphatic rings. The Morgan fingerprint density at radius 2 is 1.38 bits per heavy atom. The Balaban J connectivity index is 0.00000351. The van der Waals surface area contributed by atoms with Crippen molar-refractivity contribution in [3.8, 4) is 5.82 Å². The van der Waals surface area contributed by atoms with Crippen LogP contribution in [0.5, 0.6) is 0 Å². The van der Waals surface area contributed by atoms with E-state index in [9.17, 15) is 0 Å². The van der Waals surface area contributed by atoms with Crippen molar-refractivity contribution < 1.29 is 26.0 Å². The van der Waals surface area contributed by atoms with Crippen molar-refractivity contribution >= 4 is 44.6 Å². The smallest absolute Gasteiger partial charge is 0.148 e. The van der Waals surface area contributed by atoms with Gasteiger partial charge in [-0.3, -0.25) is 0 Å². The number of aromatic nitrogens is 2. The first kappa shape index (κ1) is 30.9. The summed E-state index contributed by atoms with van der Waals surface area (Å²) in [6, 6.07) is 49.8. The summed E-state index contributed by atoms with van der Waals surface area (Å²) in [6.07, 6.45) is 1.92. The molecule has 47 heavy (non-hydrogen) atoms. The third-order valence-corrected chi connectivity index (χ3v) is 9.12. The van der Waals surface area contributed by atoms with Crippen LogP contribution in [-0.2, 0) is 26.5 Å². The second kappa shape index (κ2) is 12.1. The molecule has 6 heteroatoms. The van der Waals surface area contributed by atoms with Crippen LogP contribution in [0.2, 0.25) is 0 Å². The van der Waals surface area contributed by atoms with Crippen molar-refractivity contribution in [1.82, 2.24) is 9.55 Å². The summed E-state index contributed by atoms with van der Waals surface area (Å²) in [5.41, 5.74) is 9.13. The van der Waals surface area contributed by atoms with Crippen LogP contribution in [0.4, 0.5) is 22.7 Å². The van der Waals surface area contributed by atoms with E-state index < -0.39 is 5.41 Å². The first-order valence-corrected chi connectivity index (χ1v) is 15.8. The number of pyridine rings is 1. The van der Waals surface area contributed by atoms with Gasteiger partial charge in [0, 0.05) is 38.5 Å². The molecule has 0 bridgehead atoms. The van der Waals surface area contributed by atoms with E-state index in [4.69, 9.17) is 9.92 Å². The van der Waals surface area contributed by atoms with Crippen molar-refractivity contribution in [1.29, 1.82) is 0 Å². The fourth-order valence-corrected chi connectivity index (χ4v) is 6.45. The molecule has 0 amide bonds. The molecule has 5 aromatic carbocycles. The molecule has 0 fully saturated rings. The quantitative estimate of drug-likeness (QED) is 0.124. The zero-order valence-electron chi connectivity index (χ0n) is 26.8. The summed E-state index contributed by atoms with van der Waals surface area (Å²) in [6.45, 7) is 8.93. The third-order valence-electron chi connectivity index (χ3n) is 9.12. The van der Waals surface area contributed by atoms with Crippen LogP contribution < -0.4 is 10.1 Å². The van der Waals surface area contributed by atoms with Gasteiger partial charge in [-0.15, -0.1) is 22.6 Å². The maximum absolute atomic E-state index is 5.04. The molecule has 1 N–H and O–H groups in total. The molecule has 7 aromatic rings. The van der Waals surface area contributed by atoms with E-state index >= 15 is 0 Å². The first-order valence-electron chi connectivity index (χ1n) is 15.8. The summed E-state index contributed by atoms with van der Waals surface area (Å²) in [5.74, 6) is 1.32. The normalized spacial score (nSPS) is 13.0. The second-order valence-corrected chi connectivity index (χ2v) is 12.7. The summed E-state index contributed by atoms with van der Waals surface area (Å²) in [4.78, 5) is 9.87. The van der Waals surface area contributed by atoms with Crippen LogP contribution in [0.25, 0.3) is 27.6 Å².